The van der Waals surface area contributed by atoms with Crippen molar-refractivity contribution in [2.45, 2.75) is 0 Å². The van der Waals surface area contributed by atoms with Crippen molar-refractivity contribution >= 4 is 23.1 Å². The van der Waals surface area contributed by atoms with E-state index in [4.69, 9.17) is 5.73 Å². The van der Waals surface area contributed by atoms with Crippen molar-refractivity contribution in [3.05, 3.63) is 52.5 Å². The smallest absolute Gasteiger partial charge is 0.286 e. The molecular formula is C15H12FN5O2. The van der Waals surface area contributed by atoms with Crippen LogP contribution in [0.25, 0.3) is 28.5 Å². The van der Waals surface area contributed by atoms with Gasteiger partial charge >= 0.3 is 0 Å². The second-order valence-corrected chi connectivity index (χ2v) is 4.92. The number of carbonyl (C=O) groups is 1. The summed E-state index contributed by atoms with van der Waals surface area (Å²) in [4.78, 5) is 33.8. The Bertz CT molecular complexity index is 977. The molecule has 3 rings (SSSR count). The third-order valence-corrected chi connectivity index (χ3v) is 3.27. The number of halogens is 1. The molecule has 23 heavy (non-hydrogen) atoms. The van der Waals surface area contributed by atoms with Gasteiger partial charge in [-0.15, -0.1) is 0 Å². The van der Waals surface area contributed by atoms with Gasteiger partial charge in [-0.3, -0.25) is 9.59 Å². The van der Waals surface area contributed by atoms with Crippen molar-refractivity contribution in [3.63, 3.8) is 0 Å². The lowest BCUT2D eigenvalue weighted by atomic mass is 10.2. The summed E-state index contributed by atoms with van der Waals surface area (Å²) in [6.07, 6.45) is 7.31. The van der Waals surface area contributed by atoms with Gasteiger partial charge in [0.1, 0.15) is 5.52 Å². The van der Waals surface area contributed by atoms with E-state index in [1.54, 1.807) is 6.20 Å². The number of nitrogens with one attached hydrogen (secondary N) is 1. The van der Waals surface area contributed by atoms with Crippen molar-refractivity contribution in [2.24, 2.45) is 12.8 Å². The summed E-state index contributed by atoms with van der Waals surface area (Å²) < 4.78 is 14.8. The Hall–Kier alpha value is -3.29. The van der Waals surface area contributed by atoms with Crippen molar-refractivity contribution < 1.29 is 9.18 Å². The van der Waals surface area contributed by atoms with Crippen LogP contribution in [-0.2, 0) is 11.8 Å². The largest absolute Gasteiger partial charge is 0.366 e. The standard InChI is InChI=1S/C15H12FN5O2/c1-21-7-9(4-10(16)15(21)23)11-6-19-14-13(20-11)8(5-18-14)2-3-12(17)22/h2-7H,1H3,(H2,17,22)(H,18,19). The highest BCUT2D eigenvalue weighted by atomic mass is 19.1. The number of H-pyrrole nitrogens is 1. The van der Waals surface area contributed by atoms with Crippen LogP contribution in [0.1, 0.15) is 5.56 Å². The van der Waals surface area contributed by atoms with Crippen molar-refractivity contribution in [1.29, 1.82) is 0 Å². The number of hydrogen-bond donors (Lipinski definition) is 2. The molecule has 0 spiro atoms. The maximum Gasteiger partial charge on any atom is 0.286 e. The molecule has 0 unspecified atom stereocenters. The number of carbonyl (C=O) groups excluding carboxylic acids is 1. The van der Waals surface area contributed by atoms with E-state index >= 15 is 0 Å². The van der Waals surface area contributed by atoms with Crippen LogP contribution in [0, 0.1) is 5.82 Å². The Labute approximate surface area is 129 Å². The van der Waals surface area contributed by atoms with Gasteiger partial charge in [0.05, 0.1) is 11.9 Å². The van der Waals surface area contributed by atoms with Crippen LogP contribution in [0.5, 0.6) is 0 Å². The normalized spacial score (nSPS) is 11.4. The first-order valence-electron chi connectivity index (χ1n) is 6.64. The number of nitrogens with two attached hydrogens (primary N) is 1. The second kappa shape index (κ2) is 5.48. The number of fused-ring (bicyclic) bond motifs is 1. The van der Waals surface area contributed by atoms with Crippen LogP contribution in [0.3, 0.4) is 0 Å². The average Bonchev–Trinajstić information content (AvgIpc) is 2.92. The predicted octanol–water partition coefficient (Wildman–Crippen LogP) is 0.961. The molecule has 0 radical (unpaired) electrons. The quantitative estimate of drug-likeness (QED) is 0.702. The minimum absolute atomic E-state index is 0.403. The molecule has 3 N–H and O–H groups in total. The van der Waals surface area contributed by atoms with Gasteiger partial charge in [0, 0.05) is 36.6 Å². The van der Waals surface area contributed by atoms with Gasteiger partial charge < -0.3 is 15.3 Å². The number of primary amides is 1. The Morgan fingerprint density at radius 2 is 2.26 bits per heavy atom. The van der Waals surface area contributed by atoms with Crippen LogP contribution in [0.4, 0.5) is 4.39 Å². The van der Waals surface area contributed by atoms with E-state index < -0.39 is 17.3 Å². The average molecular weight is 313 g/mol. The van der Waals surface area contributed by atoms with E-state index in [2.05, 4.69) is 15.0 Å². The lowest BCUT2D eigenvalue weighted by Crippen LogP contribution is -2.19. The lowest BCUT2D eigenvalue weighted by molar-refractivity contribution is -0.113. The fourth-order valence-electron chi connectivity index (χ4n) is 2.16. The van der Waals surface area contributed by atoms with E-state index in [0.29, 0.717) is 28.0 Å². The topological polar surface area (TPSA) is 107 Å². The van der Waals surface area contributed by atoms with E-state index in [9.17, 15) is 14.0 Å². The Morgan fingerprint density at radius 3 is 2.96 bits per heavy atom. The molecule has 0 aliphatic heterocycles. The van der Waals surface area contributed by atoms with Gasteiger partial charge in [0.2, 0.25) is 5.91 Å². The molecule has 0 bridgehead atoms. The molecule has 3 aromatic rings. The van der Waals surface area contributed by atoms with Crippen LogP contribution in [-0.4, -0.2) is 25.4 Å². The van der Waals surface area contributed by atoms with Crippen LogP contribution >= 0.6 is 0 Å². The number of pyridine rings is 1. The van der Waals surface area contributed by atoms with Gasteiger partial charge in [-0.1, -0.05) is 0 Å². The number of hydrogen-bond acceptors (Lipinski definition) is 4. The summed E-state index contributed by atoms with van der Waals surface area (Å²) in [6.45, 7) is 0. The summed E-state index contributed by atoms with van der Waals surface area (Å²) in [7, 11) is 1.46. The van der Waals surface area contributed by atoms with Gasteiger partial charge in [0.25, 0.3) is 5.56 Å². The first-order chi connectivity index (χ1) is 11.0. The Kier molecular flexibility index (Phi) is 3.49. The van der Waals surface area contributed by atoms with Gasteiger partial charge in [-0.2, -0.15) is 0 Å². The molecule has 0 aliphatic carbocycles. The molecule has 116 valence electrons. The van der Waals surface area contributed by atoms with Crippen molar-refractivity contribution in [2.75, 3.05) is 0 Å². The number of rotatable bonds is 3. The third kappa shape index (κ3) is 2.73. The molecule has 0 saturated carbocycles. The van der Waals surface area contributed by atoms with Gasteiger partial charge in [-0.25, -0.2) is 14.4 Å². The SMILES string of the molecule is Cn1cc(-c2cnc3[nH]cc(C=CC(N)=O)c3n2)cc(F)c1=O. The predicted molar refractivity (Wildman–Crippen MR) is 82.8 cm³/mol. The zero-order chi connectivity index (χ0) is 16.6. The van der Waals surface area contributed by atoms with Crippen LogP contribution in [0.15, 0.2) is 35.5 Å². The number of aromatic amines is 1. The minimum atomic E-state index is -0.866. The molecule has 0 aromatic carbocycles. The number of nitrogens with zero attached hydrogens (tertiary/aromatic N) is 3. The maximum atomic E-state index is 13.6. The van der Waals surface area contributed by atoms with Crippen LogP contribution in [0.2, 0.25) is 0 Å². The van der Waals surface area contributed by atoms with Crippen LogP contribution < -0.4 is 11.3 Å². The Morgan fingerprint density at radius 1 is 1.48 bits per heavy atom. The summed E-state index contributed by atoms with van der Waals surface area (Å²) in [5, 5.41) is 0. The van der Waals surface area contributed by atoms with E-state index in [1.807, 2.05) is 0 Å². The lowest BCUT2D eigenvalue weighted by Gasteiger charge is -2.04. The molecule has 0 fully saturated rings. The summed E-state index contributed by atoms with van der Waals surface area (Å²) >= 11 is 0. The Balaban J connectivity index is 2.14. The van der Waals surface area contributed by atoms with Gasteiger partial charge in [-0.05, 0) is 12.1 Å². The second-order valence-electron chi connectivity index (χ2n) is 4.92. The molecular weight excluding hydrogens is 301 g/mol. The monoisotopic (exact) mass is 313 g/mol. The molecule has 3 aromatic heterocycles. The van der Waals surface area contributed by atoms with E-state index in [-0.39, 0.29) is 0 Å². The van der Waals surface area contributed by atoms with Gasteiger partial charge in [0.15, 0.2) is 11.5 Å². The number of amides is 1. The molecule has 8 heteroatoms. The fourth-order valence-corrected chi connectivity index (χ4v) is 2.16. The summed E-state index contributed by atoms with van der Waals surface area (Å²) in [6, 6.07) is 1.11. The highest BCUT2D eigenvalue weighted by molar-refractivity contribution is 5.93. The van der Waals surface area contributed by atoms with Crippen molar-refractivity contribution in [1.82, 2.24) is 19.5 Å². The van der Waals surface area contributed by atoms with Crippen molar-refractivity contribution in [3.8, 4) is 11.3 Å². The first kappa shape index (κ1) is 14.6. The van der Waals surface area contributed by atoms with E-state index in [0.717, 1.165) is 10.6 Å². The molecule has 1 amide bonds. The first-order valence-corrected chi connectivity index (χ1v) is 6.64. The molecule has 0 atom stereocenters. The molecule has 3 heterocycles. The summed E-state index contributed by atoms with van der Waals surface area (Å²) in [5.41, 5.74) is 6.84. The fraction of sp³-hybridized carbons (Fsp3) is 0.0667. The highest BCUT2D eigenvalue weighted by Crippen LogP contribution is 2.21. The summed E-state index contributed by atoms with van der Waals surface area (Å²) in [5.74, 6) is -1.45. The number of aryl methyl sites for hydroxylation is 1. The maximum absolute atomic E-state index is 13.6. The molecule has 0 aliphatic rings. The minimum Gasteiger partial charge on any atom is -0.366 e. The molecule has 7 nitrogen and oxygen atoms in total. The third-order valence-electron chi connectivity index (χ3n) is 3.27. The number of aromatic nitrogens is 4. The highest BCUT2D eigenvalue weighted by Gasteiger charge is 2.10. The molecule has 0 saturated heterocycles. The zero-order valence-corrected chi connectivity index (χ0v) is 12.1. The van der Waals surface area contributed by atoms with E-state index in [1.165, 1.54) is 31.6 Å². The zero-order valence-electron chi connectivity index (χ0n) is 12.1.